The number of carbonyl (C=O) groups is 1. The maximum Gasteiger partial charge on any atom is 0.240 e. The van der Waals surface area contributed by atoms with Crippen molar-refractivity contribution in [2.45, 2.75) is 17.4 Å². The molecule has 0 bridgehead atoms. The van der Waals surface area contributed by atoms with E-state index in [1.807, 2.05) is 30.3 Å². The quantitative estimate of drug-likeness (QED) is 0.895. The lowest BCUT2D eigenvalue weighted by molar-refractivity contribution is -0.117. The highest BCUT2D eigenvalue weighted by molar-refractivity contribution is 7.89. The molecule has 7 heteroatoms. The molecule has 1 aliphatic heterocycles. The number of amides is 1. The van der Waals surface area contributed by atoms with Gasteiger partial charge in [0.2, 0.25) is 15.9 Å². The minimum Gasteiger partial charge on any atom is -0.497 e. The molecule has 2 aromatic carbocycles. The van der Waals surface area contributed by atoms with Gasteiger partial charge in [-0.15, -0.1) is 0 Å². The van der Waals surface area contributed by atoms with Crippen molar-refractivity contribution in [1.82, 2.24) is 4.72 Å². The molecule has 1 fully saturated rings. The summed E-state index contributed by atoms with van der Waals surface area (Å²) >= 11 is 0. The number of rotatable bonds is 5. The second-order valence-electron chi connectivity index (χ2n) is 5.54. The van der Waals surface area contributed by atoms with E-state index in [9.17, 15) is 13.2 Å². The lowest BCUT2D eigenvalue weighted by Gasteiger charge is -2.17. The number of hydrogen-bond acceptors (Lipinski definition) is 4. The third-order valence-corrected chi connectivity index (χ3v) is 5.42. The van der Waals surface area contributed by atoms with E-state index in [0.717, 1.165) is 5.69 Å². The second kappa shape index (κ2) is 6.62. The van der Waals surface area contributed by atoms with Gasteiger partial charge in [0.15, 0.2) is 0 Å². The molecule has 3 rings (SSSR count). The van der Waals surface area contributed by atoms with Crippen molar-refractivity contribution in [1.29, 1.82) is 0 Å². The first-order valence-electron chi connectivity index (χ1n) is 7.51. The van der Waals surface area contributed by atoms with Crippen molar-refractivity contribution in [2.75, 3.05) is 18.6 Å². The second-order valence-corrected chi connectivity index (χ2v) is 7.25. The molecule has 1 saturated heterocycles. The zero-order chi connectivity index (χ0) is 17.2. The predicted molar refractivity (Wildman–Crippen MR) is 90.5 cm³/mol. The third kappa shape index (κ3) is 3.42. The summed E-state index contributed by atoms with van der Waals surface area (Å²) in [6.07, 6.45) is 0.143. The summed E-state index contributed by atoms with van der Waals surface area (Å²) in [5, 5.41) is 0. The molecule has 0 spiro atoms. The van der Waals surface area contributed by atoms with E-state index in [0.29, 0.717) is 12.3 Å². The SMILES string of the molecule is COc1ccc(S(=O)(=O)NC2CC(=O)N(c3ccccc3)C2)cc1. The van der Waals surface area contributed by atoms with Crippen molar-refractivity contribution in [3.63, 3.8) is 0 Å². The van der Waals surface area contributed by atoms with Gasteiger partial charge in [0.25, 0.3) is 0 Å². The molecule has 126 valence electrons. The van der Waals surface area contributed by atoms with Gasteiger partial charge in [0.1, 0.15) is 5.75 Å². The number of nitrogens with zero attached hydrogens (tertiary/aromatic N) is 1. The third-order valence-electron chi connectivity index (χ3n) is 3.88. The van der Waals surface area contributed by atoms with Gasteiger partial charge in [-0.25, -0.2) is 13.1 Å². The summed E-state index contributed by atoms with van der Waals surface area (Å²) in [7, 11) is -2.16. The average molecular weight is 346 g/mol. The van der Waals surface area contributed by atoms with Crippen molar-refractivity contribution < 1.29 is 17.9 Å². The fraction of sp³-hybridized carbons (Fsp3) is 0.235. The van der Waals surface area contributed by atoms with Gasteiger partial charge in [-0.05, 0) is 36.4 Å². The Kier molecular flexibility index (Phi) is 4.55. The highest BCUT2D eigenvalue weighted by atomic mass is 32.2. The number of sulfonamides is 1. The predicted octanol–water partition coefficient (Wildman–Crippen LogP) is 1.78. The fourth-order valence-corrected chi connectivity index (χ4v) is 3.91. The van der Waals surface area contributed by atoms with E-state index < -0.39 is 16.1 Å². The monoisotopic (exact) mass is 346 g/mol. The van der Waals surface area contributed by atoms with Crippen LogP contribution in [0.1, 0.15) is 6.42 Å². The maximum atomic E-state index is 12.5. The number of para-hydroxylation sites is 1. The van der Waals surface area contributed by atoms with E-state index in [-0.39, 0.29) is 17.2 Å². The van der Waals surface area contributed by atoms with Crippen LogP contribution in [0.15, 0.2) is 59.5 Å². The number of carbonyl (C=O) groups excluding carboxylic acids is 1. The number of nitrogens with one attached hydrogen (secondary N) is 1. The molecule has 2 aromatic rings. The van der Waals surface area contributed by atoms with Crippen LogP contribution in [0.5, 0.6) is 5.75 Å². The van der Waals surface area contributed by atoms with Crippen LogP contribution in [0.2, 0.25) is 0 Å². The molecule has 0 aliphatic carbocycles. The number of hydrogen-bond donors (Lipinski definition) is 1. The molecule has 0 aromatic heterocycles. The Morgan fingerprint density at radius 3 is 2.38 bits per heavy atom. The Balaban J connectivity index is 1.73. The van der Waals surface area contributed by atoms with E-state index in [1.54, 1.807) is 17.0 Å². The Hall–Kier alpha value is -2.38. The molecule has 6 nitrogen and oxygen atoms in total. The van der Waals surface area contributed by atoms with Gasteiger partial charge in [-0.3, -0.25) is 4.79 Å². The van der Waals surface area contributed by atoms with Gasteiger partial charge in [-0.2, -0.15) is 0 Å². The van der Waals surface area contributed by atoms with E-state index >= 15 is 0 Å². The Morgan fingerprint density at radius 2 is 1.75 bits per heavy atom. The van der Waals surface area contributed by atoms with Gasteiger partial charge in [0, 0.05) is 24.7 Å². The normalized spacial score (nSPS) is 18.0. The molecular formula is C17H18N2O4S. The van der Waals surface area contributed by atoms with Gasteiger partial charge in [-0.1, -0.05) is 18.2 Å². The topological polar surface area (TPSA) is 75.7 Å². The Bertz CT molecular complexity index is 819. The minimum absolute atomic E-state index is 0.0939. The lowest BCUT2D eigenvalue weighted by atomic mass is 10.3. The smallest absolute Gasteiger partial charge is 0.240 e. The zero-order valence-electron chi connectivity index (χ0n) is 13.2. The molecular weight excluding hydrogens is 328 g/mol. The van der Waals surface area contributed by atoms with Crippen molar-refractivity contribution >= 4 is 21.6 Å². The van der Waals surface area contributed by atoms with Gasteiger partial charge >= 0.3 is 0 Å². The summed E-state index contributed by atoms with van der Waals surface area (Å²) in [6, 6.07) is 14.9. The van der Waals surface area contributed by atoms with Crippen LogP contribution < -0.4 is 14.4 Å². The lowest BCUT2D eigenvalue weighted by Crippen LogP contribution is -2.37. The van der Waals surface area contributed by atoms with Crippen LogP contribution in [0.3, 0.4) is 0 Å². The molecule has 1 heterocycles. The minimum atomic E-state index is -3.68. The van der Waals surface area contributed by atoms with Crippen LogP contribution in [0.4, 0.5) is 5.69 Å². The van der Waals surface area contributed by atoms with Gasteiger partial charge < -0.3 is 9.64 Å². The number of methoxy groups -OCH3 is 1. The summed E-state index contributed by atoms with van der Waals surface area (Å²) < 4.78 is 32.5. The molecule has 0 radical (unpaired) electrons. The summed E-state index contributed by atoms with van der Waals surface area (Å²) in [4.78, 5) is 13.9. The summed E-state index contributed by atoms with van der Waals surface area (Å²) in [5.41, 5.74) is 0.772. The molecule has 1 N–H and O–H groups in total. The fourth-order valence-electron chi connectivity index (χ4n) is 2.69. The Labute approximate surface area is 141 Å². The molecule has 1 amide bonds. The van der Waals surface area contributed by atoms with E-state index in [4.69, 9.17) is 4.74 Å². The molecule has 1 unspecified atom stereocenters. The van der Waals surface area contributed by atoms with Crippen LogP contribution in [0.25, 0.3) is 0 Å². The van der Waals surface area contributed by atoms with Crippen molar-refractivity contribution in [3.8, 4) is 5.75 Å². The largest absolute Gasteiger partial charge is 0.497 e. The van der Waals surface area contributed by atoms with Crippen molar-refractivity contribution in [3.05, 3.63) is 54.6 Å². The summed E-state index contributed by atoms with van der Waals surface area (Å²) in [5.74, 6) is 0.490. The molecule has 1 atom stereocenters. The summed E-state index contributed by atoms with van der Waals surface area (Å²) in [6.45, 7) is 0.318. The Morgan fingerprint density at radius 1 is 1.08 bits per heavy atom. The van der Waals surface area contributed by atoms with Crippen LogP contribution in [-0.4, -0.2) is 34.0 Å². The maximum absolute atomic E-state index is 12.5. The number of benzene rings is 2. The van der Waals surface area contributed by atoms with E-state index in [1.165, 1.54) is 19.2 Å². The molecule has 1 aliphatic rings. The first-order valence-corrected chi connectivity index (χ1v) is 9.00. The van der Waals surface area contributed by atoms with Crippen LogP contribution in [0, 0.1) is 0 Å². The number of anilines is 1. The van der Waals surface area contributed by atoms with Gasteiger partial charge in [0.05, 0.1) is 12.0 Å². The standard InChI is InChI=1S/C17H18N2O4S/c1-23-15-7-9-16(10-8-15)24(21,22)18-13-11-17(20)19(12-13)14-5-3-2-4-6-14/h2-10,13,18H,11-12H2,1H3. The molecule has 0 saturated carbocycles. The first-order chi connectivity index (χ1) is 11.5. The number of ether oxygens (including phenoxy) is 1. The highest BCUT2D eigenvalue weighted by Gasteiger charge is 2.33. The van der Waals surface area contributed by atoms with Crippen molar-refractivity contribution in [2.24, 2.45) is 0 Å². The zero-order valence-corrected chi connectivity index (χ0v) is 14.0. The molecule has 24 heavy (non-hydrogen) atoms. The van der Waals surface area contributed by atoms with Crippen LogP contribution in [-0.2, 0) is 14.8 Å². The first kappa shape index (κ1) is 16.5. The average Bonchev–Trinajstić information content (AvgIpc) is 2.95. The van der Waals surface area contributed by atoms with Crippen LogP contribution >= 0.6 is 0 Å². The highest BCUT2D eigenvalue weighted by Crippen LogP contribution is 2.22. The van der Waals surface area contributed by atoms with E-state index in [2.05, 4.69) is 4.72 Å².